The molecule has 0 amide bonds. The third-order valence-corrected chi connectivity index (χ3v) is 3.84. The molecular weight excluding hydrogens is 210 g/mol. The summed E-state index contributed by atoms with van der Waals surface area (Å²) in [4.78, 5) is 2.18. The maximum atomic E-state index is 4.09. The van der Waals surface area contributed by atoms with Gasteiger partial charge in [-0.25, -0.2) is 0 Å². The summed E-state index contributed by atoms with van der Waals surface area (Å²) in [7, 11) is 4.17. The average Bonchev–Trinajstić information content (AvgIpc) is 2.35. The standard InChI is InChI=1S/C6H13N3S3/c1-8(2)3-4-11-6-5-7-9(10)12-6/h5-6,10H,3-4H2,1-2H3. The molecule has 0 N–H and O–H groups in total. The van der Waals surface area contributed by atoms with Crippen LogP contribution in [0.1, 0.15) is 0 Å². The summed E-state index contributed by atoms with van der Waals surface area (Å²) in [6, 6.07) is 0. The van der Waals surface area contributed by atoms with E-state index in [1.165, 1.54) is 0 Å². The van der Waals surface area contributed by atoms with Crippen LogP contribution in [0.15, 0.2) is 5.10 Å². The summed E-state index contributed by atoms with van der Waals surface area (Å²) in [6.45, 7) is 1.11. The van der Waals surface area contributed by atoms with Gasteiger partial charge in [-0.2, -0.15) is 8.92 Å². The van der Waals surface area contributed by atoms with Gasteiger partial charge in [0.1, 0.15) is 4.58 Å². The molecule has 1 aliphatic heterocycles. The van der Waals surface area contributed by atoms with Gasteiger partial charge in [0.2, 0.25) is 0 Å². The van der Waals surface area contributed by atoms with Crippen LogP contribution in [0.2, 0.25) is 0 Å². The molecule has 1 atom stereocenters. The highest BCUT2D eigenvalue weighted by Gasteiger charge is 2.16. The normalized spacial score (nSPS) is 22.7. The highest BCUT2D eigenvalue weighted by molar-refractivity contribution is 8.19. The fourth-order valence-electron chi connectivity index (χ4n) is 0.684. The molecule has 1 heterocycles. The van der Waals surface area contributed by atoms with E-state index in [-0.39, 0.29) is 0 Å². The zero-order chi connectivity index (χ0) is 8.97. The molecule has 0 saturated carbocycles. The summed E-state index contributed by atoms with van der Waals surface area (Å²) in [5.41, 5.74) is 0. The van der Waals surface area contributed by atoms with Gasteiger partial charge in [-0.05, 0) is 26.9 Å². The van der Waals surface area contributed by atoms with Gasteiger partial charge >= 0.3 is 0 Å². The van der Waals surface area contributed by atoms with Crippen LogP contribution in [0.5, 0.6) is 0 Å². The largest absolute Gasteiger partial charge is 0.309 e. The molecule has 1 rings (SSSR count). The smallest absolute Gasteiger partial charge is 0.110 e. The predicted octanol–water partition coefficient (Wildman–Crippen LogP) is 1.40. The molecule has 6 heteroatoms. The summed E-state index contributed by atoms with van der Waals surface area (Å²) in [6.07, 6.45) is 1.93. The topological polar surface area (TPSA) is 18.8 Å². The molecule has 0 fully saturated rings. The van der Waals surface area contributed by atoms with E-state index in [0.29, 0.717) is 4.58 Å². The van der Waals surface area contributed by atoms with E-state index in [2.05, 4.69) is 36.9 Å². The minimum Gasteiger partial charge on any atom is -0.309 e. The first-order valence-corrected chi connectivity index (χ1v) is 5.93. The minimum absolute atomic E-state index is 0.447. The monoisotopic (exact) mass is 223 g/mol. The van der Waals surface area contributed by atoms with Crippen molar-refractivity contribution in [3.05, 3.63) is 0 Å². The molecule has 70 valence electrons. The zero-order valence-electron chi connectivity index (χ0n) is 7.17. The van der Waals surface area contributed by atoms with Crippen molar-refractivity contribution < 1.29 is 0 Å². The van der Waals surface area contributed by atoms with Crippen molar-refractivity contribution in [1.29, 1.82) is 0 Å². The van der Waals surface area contributed by atoms with E-state index >= 15 is 0 Å². The van der Waals surface area contributed by atoms with Gasteiger partial charge in [-0.1, -0.05) is 0 Å². The Morgan fingerprint density at radius 1 is 1.75 bits per heavy atom. The molecule has 0 bridgehead atoms. The highest BCUT2D eigenvalue weighted by atomic mass is 32.2. The number of hydrogen-bond acceptors (Lipinski definition) is 6. The van der Waals surface area contributed by atoms with Crippen molar-refractivity contribution in [2.75, 3.05) is 26.4 Å². The van der Waals surface area contributed by atoms with E-state index in [1.807, 2.05) is 18.0 Å². The average molecular weight is 223 g/mol. The Balaban J connectivity index is 2.05. The van der Waals surface area contributed by atoms with E-state index in [4.69, 9.17) is 0 Å². The van der Waals surface area contributed by atoms with Gasteiger partial charge in [-0.3, -0.25) is 0 Å². The molecule has 0 spiro atoms. The van der Waals surface area contributed by atoms with Crippen LogP contribution >= 0.6 is 36.5 Å². The van der Waals surface area contributed by atoms with Crippen molar-refractivity contribution in [2.24, 2.45) is 5.10 Å². The van der Waals surface area contributed by atoms with Gasteiger partial charge in [-0.15, -0.1) is 11.8 Å². The minimum atomic E-state index is 0.447. The molecule has 12 heavy (non-hydrogen) atoms. The van der Waals surface area contributed by atoms with Gasteiger partial charge in [0.25, 0.3) is 0 Å². The van der Waals surface area contributed by atoms with Crippen LogP contribution in [0.3, 0.4) is 0 Å². The van der Waals surface area contributed by atoms with Crippen LogP contribution in [0.4, 0.5) is 0 Å². The van der Waals surface area contributed by atoms with Crippen molar-refractivity contribution in [1.82, 2.24) is 8.72 Å². The van der Waals surface area contributed by atoms with Crippen LogP contribution in [-0.4, -0.2) is 45.9 Å². The Kier molecular flexibility index (Phi) is 4.63. The summed E-state index contributed by atoms with van der Waals surface area (Å²) in [5, 5.41) is 4.02. The third kappa shape index (κ3) is 3.93. The van der Waals surface area contributed by atoms with Crippen LogP contribution in [0.25, 0.3) is 0 Å². The number of nitrogens with zero attached hydrogens (tertiary/aromatic N) is 3. The molecular formula is C6H13N3S3. The maximum Gasteiger partial charge on any atom is 0.110 e. The second kappa shape index (κ2) is 5.26. The fraction of sp³-hybridized carbons (Fsp3) is 0.833. The quantitative estimate of drug-likeness (QED) is 0.573. The number of thioether (sulfide) groups is 1. The number of thiol groups is 1. The molecule has 0 aliphatic carbocycles. The van der Waals surface area contributed by atoms with Crippen LogP contribution in [-0.2, 0) is 0 Å². The number of rotatable bonds is 4. The molecule has 1 unspecified atom stereocenters. The second-order valence-electron chi connectivity index (χ2n) is 2.67. The molecule has 0 aromatic carbocycles. The number of hydrazone groups is 1. The van der Waals surface area contributed by atoms with E-state index in [1.54, 1.807) is 15.8 Å². The zero-order valence-corrected chi connectivity index (χ0v) is 9.70. The molecule has 1 aliphatic rings. The first-order valence-electron chi connectivity index (χ1n) is 3.64. The lowest BCUT2D eigenvalue weighted by Gasteiger charge is -2.10. The molecule has 0 aromatic heterocycles. The van der Waals surface area contributed by atoms with Crippen molar-refractivity contribution in [2.45, 2.75) is 4.58 Å². The fourth-order valence-corrected chi connectivity index (χ4v) is 3.26. The van der Waals surface area contributed by atoms with E-state index < -0.39 is 0 Å². The van der Waals surface area contributed by atoms with Gasteiger partial charge in [0.15, 0.2) is 0 Å². The van der Waals surface area contributed by atoms with Crippen molar-refractivity contribution >= 4 is 42.7 Å². The molecule has 0 saturated heterocycles. The second-order valence-corrected chi connectivity index (χ2v) is 5.93. The van der Waals surface area contributed by atoms with Crippen LogP contribution < -0.4 is 0 Å². The van der Waals surface area contributed by atoms with E-state index in [9.17, 15) is 0 Å². The summed E-state index contributed by atoms with van der Waals surface area (Å²) >= 11 is 7.62. The number of hydrogen-bond donors (Lipinski definition) is 1. The third-order valence-electron chi connectivity index (χ3n) is 1.31. The maximum absolute atomic E-state index is 4.09. The highest BCUT2D eigenvalue weighted by Crippen LogP contribution is 2.31. The molecule has 0 radical (unpaired) electrons. The van der Waals surface area contributed by atoms with Crippen molar-refractivity contribution in [3.8, 4) is 0 Å². The molecule has 3 nitrogen and oxygen atoms in total. The first-order chi connectivity index (χ1) is 5.68. The van der Waals surface area contributed by atoms with Gasteiger partial charge < -0.3 is 4.90 Å². The van der Waals surface area contributed by atoms with E-state index in [0.717, 1.165) is 12.3 Å². The Hall–Kier alpha value is 0.480. The Labute approximate surface area is 87.6 Å². The van der Waals surface area contributed by atoms with Crippen molar-refractivity contribution in [3.63, 3.8) is 0 Å². The van der Waals surface area contributed by atoms with Gasteiger partial charge in [0.05, 0.1) is 6.21 Å². The van der Waals surface area contributed by atoms with Crippen LogP contribution in [0, 0.1) is 0 Å². The predicted molar refractivity (Wildman–Crippen MR) is 61.7 cm³/mol. The lowest BCUT2D eigenvalue weighted by molar-refractivity contribution is 0.437. The summed E-state index contributed by atoms with van der Waals surface area (Å²) in [5.74, 6) is 1.14. The Morgan fingerprint density at radius 2 is 2.50 bits per heavy atom. The summed E-state index contributed by atoms with van der Waals surface area (Å²) < 4.78 is 2.05. The first kappa shape index (κ1) is 10.6. The van der Waals surface area contributed by atoms with Gasteiger partial charge in [0, 0.05) is 24.2 Å². The Morgan fingerprint density at radius 3 is 3.00 bits per heavy atom. The lowest BCUT2D eigenvalue weighted by atomic mass is 10.7. The molecule has 0 aromatic rings. The SMILES string of the molecule is CN(C)CCSC1C=NN(S)S1. The lowest BCUT2D eigenvalue weighted by Crippen LogP contribution is -2.16. The Bertz CT molecular complexity index is 162.